The molecule has 18 heavy (non-hydrogen) atoms. The van der Waals surface area contributed by atoms with E-state index >= 15 is 0 Å². The summed E-state index contributed by atoms with van der Waals surface area (Å²) in [5, 5.41) is 2.18. The molecule has 0 saturated carbocycles. The Morgan fingerprint density at radius 1 is 1.44 bits per heavy atom. The van der Waals surface area contributed by atoms with Gasteiger partial charge >= 0.3 is 0 Å². The Hall–Kier alpha value is -0.670. The zero-order chi connectivity index (χ0) is 14.0. The van der Waals surface area contributed by atoms with Crippen molar-refractivity contribution < 1.29 is 21.6 Å². The molecule has 1 rings (SSSR count). The highest BCUT2D eigenvalue weighted by atomic mass is 32.2. The zero-order valence-corrected chi connectivity index (χ0v) is 12.0. The van der Waals surface area contributed by atoms with Crippen LogP contribution in [0.4, 0.5) is 0 Å². The fraction of sp³-hybridized carbons (Fsp3) is 0.889. The quantitative estimate of drug-likeness (QED) is 0.662. The molecule has 0 radical (unpaired) electrons. The van der Waals surface area contributed by atoms with E-state index < -0.39 is 37.1 Å². The van der Waals surface area contributed by atoms with Crippen molar-refractivity contribution in [2.45, 2.75) is 31.6 Å². The van der Waals surface area contributed by atoms with Crippen molar-refractivity contribution in [1.82, 2.24) is 10.0 Å². The van der Waals surface area contributed by atoms with Gasteiger partial charge in [0.25, 0.3) is 0 Å². The summed E-state index contributed by atoms with van der Waals surface area (Å²) >= 11 is 0. The SMILES string of the molecule is CC(C)S(=O)(=O)NC(=O)CC1CS(=O)(=O)CCN1. The summed E-state index contributed by atoms with van der Waals surface area (Å²) in [5.74, 6) is -0.768. The summed E-state index contributed by atoms with van der Waals surface area (Å²) in [5.41, 5.74) is 0. The van der Waals surface area contributed by atoms with Crippen molar-refractivity contribution in [3.8, 4) is 0 Å². The minimum Gasteiger partial charge on any atom is -0.311 e. The van der Waals surface area contributed by atoms with E-state index in [9.17, 15) is 21.6 Å². The van der Waals surface area contributed by atoms with Crippen molar-refractivity contribution in [2.75, 3.05) is 18.1 Å². The van der Waals surface area contributed by atoms with Gasteiger partial charge in [0, 0.05) is 19.0 Å². The minimum absolute atomic E-state index is 0.0510. The van der Waals surface area contributed by atoms with Gasteiger partial charge in [0.2, 0.25) is 15.9 Å². The molecule has 1 aliphatic rings. The van der Waals surface area contributed by atoms with Crippen LogP contribution in [-0.4, -0.2) is 52.1 Å². The monoisotopic (exact) mass is 298 g/mol. The molecule has 2 N–H and O–H groups in total. The maximum Gasteiger partial charge on any atom is 0.237 e. The first-order chi connectivity index (χ1) is 8.12. The second-order valence-corrected chi connectivity index (χ2v) is 9.05. The number of carbonyl (C=O) groups excluding carboxylic acids is 1. The second-order valence-electron chi connectivity index (χ2n) is 4.59. The Kier molecular flexibility index (Phi) is 4.73. The van der Waals surface area contributed by atoms with Gasteiger partial charge in [-0.05, 0) is 13.8 Å². The van der Waals surface area contributed by atoms with Crippen LogP contribution in [0.1, 0.15) is 20.3 Å². The largest absolute Gasteiger partial charge is 0.311 e. The molecule has 0 bridgehead atoms. The maximum absolute atomic E-state index is 11.5. The van der Waals surface area contributed by atoms with E-state index in [1.54, 1.807) is 0 Å². The van der Waals surface area contributed by atoms with Crippen LogP contribution in [0.3, 0.4) is 0 Å². The Morgan fingerprint density at radius 2 is 2.06 bits per heavy atom. The van der Waals surface area contributed by atoms with Crippen LogP contribution >= 0.6 is 0 Å². The van der Waals surface area contributed by atoms with Crippen LogP contribution in [0, 0.1) is 0 Å². The van der Waals surface area contributed by atoms with Gasteiger partial charge in [0.1, 0.15) is 0 Å². The summed E-state index contributed by atoms with van der Waals surface area (Å²) in [6.45, 7) is 3.20. The van der Waals surface area contributed by atoms with E-state index in [4.69, 9.17) is 0 Å². The highest BCUT2D eigenvalue weighted by Crippen LogP contribution is 2.06. The first kappa shape index (κ1) is 15.4. The van der Waals surface area contributed by atoms with Crippen LogP contribution in [-0.2, 0) is 24.7 Å². The molecule has 1 atom stereocenters. The lowest BCUT2D eigenvalue weighted by Gasteiger charge is -2.23. The summed E-state index contributed by atoms with van der Waals surface area (Å²) in [6, 6.07) is -0.522. The molecular weight excluding hydrogens is 280 g/mol. The van der Waals surface area contributed by atoms with E-state index in [1.165, 1.54) is 13.8 Å². The van der Waals surface area contributed by atoms with Crippen molar-refractivity contribution in [2.24, 2.45) is 0 Å². The Bertz CT molecular complexity index is 509. The van der Waals surface area contributed by atoms with Crippen LogP contribution in [0.25, 0.3) is 0 Å². The third kappa shape index (κ3) is 4.54. The molecule has 1 amide bonds. The van der Waals surface area contributed by atoms with Gasteiger partial charge in [-0.15, -0.1) is 0 Å². The normalized spacial score (nSPS) is 23.8. The first-order valence-electron chi connectivity index (χ1n) is 5.60. The van der Waals surface area contributed by atoms with Crippen LogP contribution in [0.2, 0.25) is 0 Å². The molecule has 1 unspecified atom stereocenters. The molecule has 9 heteroatoms. The lowest BCUT2D eigenvalue weighted by atomic mass is 10.2. The summed E-state index contributed by atoms with van der Waals surface area (Å²) < 4.78 is 47.5. The minimum atomic E-state index is -3.65. The number of sulfonamides is 1. The average Bonchev–Trinajstić information content (AvgIpc) is 2.13. The summed E-state index contributed by atoms with van der Waals surface area (Å²) in [7, 11) is -6.78. The second kappa shape index (κ2) is 5.54. The third-order valence-electron chi connectivity index (χ3n) is 2.61. The maximum atomic E-state index is 11.5. The molecule has 1 saturated heterocycles. The van der Waals surface area contributed by atoms with Crippen LogP contribution < -0.4 is 10.0 Å². The highest BCUT2D eigenvalue weighted by molar-refractivity contribution is 7.91. The van der Waals surface area contributed by atoms with Gasteiger partial charge in [0.15, 0.2) is 9.84 Å². The number of hydrogen-bond acceptors (Lipinski definition) is 6. The van der Waals surface area contributed by atoms with E-state index in [0.717, 1.165) is 0 Å². The number of carbonyl (C=O) groups is 1. The van der Waals surface area contributed by atoms with Gasteiger partial charge in [0.05, 0.1) is 16.8 Å². The van der Waals surface area contributed by atoms with Crippen LogP contribution in [0.5, 0.6) is 0 Å². The molecule has 0 spiro atoms. The van der Waals surface area contributed by atoms with Gasteiger partial charge in [-0.2, -0.15) is 0 Å². The predicted octanol–water partition coefficient (Wildman–Crippen LogP) is -1.38. The first-order valence-corrected chi connectivity index (χ1v) is 8.97. The average molecular weight is 298 g/mol. The van der Waals surface area contributed by atoms with Gasteiger partial charge < -0.3 is 5.32 Å². The van der Waals surface area contributed by atoms with E-state index in [1.807, 2.05) is 4.72 Å². The fourth-order valence-corrected chi connectivity index (χ4v) is 3.62. The molecule has 106 valence electrons. The molecule has 0 aliphatic carbocycles. The van der Waals surface area contributed by atoms with Crippen molar-refractivity contribution in [3.63, 3.8) is 0 Å². The Balaban J connectivity index is 2.56. The van der Waals surface area contributed by atoms with Crippen molar-refractivity contribution >= 4 is 25.8 Å². The molecular formula is C9H18N2O5S2. The summed E-state index contributed by atoms with van der Waals surface area (Å²) in [6.07, 6.45) is -0.162. The lowest BCUT2D eigenvalue weighted by molar-refractivity contribution is -0.119. The molecule has 7 nitrogen and oxygen atoms in total. The van der Waals surface area contributed by atoms with Crippen LogP contribution in [0.15, 0.2) is 0 Å². The van der Waals surface area contributed by atoms with Gasteiger partial charge in [-0.25, -0.2) is 16.8 Å². The van der Waals surface area contributed by atoms with E-state index in [0.29, 0.717) is 0 Å². The predicted molar refractivity (Wildman–Crippen MR) is 67.3 cm³/mol. The van der Waals surface area contributed by atoms with Crippen molar-refractivity contribution in [1.29, 1.82) is 0 Å². The third-order valence-corrected chi connectivity index (χ3v) is 6.10. The molecule has 0 aromatic carbocycles. The number of amides is 1. The number of nitrogens with one attached hydrogen (secondary N) is 2. The Morgan fingerprint density at radius 3 is 2.56 bits per heavy atom. The van der Waals surface area contributed by atoms with Crippen molar-refractivity contribution in [3.05, 3.63) is 0 Å². The number of hydrogen-bond donors (Lipinski definition) is 2. The highest BCUT2D eigenvalue weighted by Gasteiger charge is 2.27. The topological polar surface area (TPSA) is 109 Å². The standard InChI is InChI=1S/C9H18N2O5S2/c1-7(2)18(15,16)11-9(12)5-8-6-17(13,14)4-3-10-8/h7-8,10H,3-6H2,1-2H3,(H,11,12). The van der Waals surface area contributed by atoms with E-state index in [-0.39, 0.29) is 24.5 Å². The number of rotatable bonds is 4. The lowest BCUT2D eigenvalue weighted by Crippen LogP contribution is -2.48. The molecule has 1 heterocycles. The number of sulfone groups is 1. The van der Waals surface area contributed by atoms with Gasteiger partial charge in [-0.3, -0.25) is 9.52 Å². The molecule has 0 aromatic heterocycles. The molecule has 0 aromatic rings. The van der Waals surface area contributed by atoms with E-state index in [2.05, 4.69) is 5.32 Å². The summed E-state index contributed by atoms with van der Waals surface area (Å²) in [4.78, 5) is 11.5. The fourth-order valence-electron chi connectivity index (χ4n) is 1.54. The Labute approximate surface area is 107 Å². The molecule has 1 fully saturated rings. The zero-order valence-electron chi connectivity index (χ0n) is 10.3. The van der Waals surface area contributed by atoms with Gasteiger partial charge in [-0.1, -0.05) is 0 Å². The smallest absolute Gasteiger partial charge is 0.237 e. The molecule has 1 aliphatic heterocycles.